The molecular formula is C10H23N3O2S. The van der Waals surface area contributed by atoms with Gasteiger partial charge in [0, 0.05) is 32.2 Å². The maximum absolute atomic E-state index is 12.2. The van der Waals surface area contributed by atoms with Gasteiger partial charge in [-0.15, -0.1) is 0 Å². The largest absolute Gasteiger partial charge is 0.328 e. The molecule has 0 saturated carbocycles. The Kier molecular flexibility index (Phi) is 4.34. The Morgan fingerprint density at radius 3 is 2.31 bits per heavy atom. The first-order valence-corrected chi connectivity index (χ1v) is 7.15. The summed E-state index contributed by atoms with van der Waals surface area (Å²) in [5.41, 5.74) is 5.80. The summed E-state index contributed by atoms with van der Waals surface area (Å²) >= 11 is 0. The summed E-state index contributed by atoms with van der Waals surface area (Å²) in [6, 6.07) is 0.0453. The van der Waals surface area contributed by atoms with Crippen LogP contribution in [0.3, 0.4) is 0 Å². The second-order valence-corrected chi connectivity index (χ2v) is 6.87. The van der Waals surface area contributed by atoms with E-state index >= 15 is 0 Å². The monoisotopic (exact) mass is 249 g/mol. The Morgan fingerprint density at radius 2 is 1.94 bits per heavy atom. The number of hydrogen-bond donors (Lipinski definition) is 1. The van der Waals surface area contributed by atoms with Crippen LogP contribution in [-0.4, -0.2) is 49.2 Å². The van der Waals surface area contributed by atoms with Gasteiger partial charge in [-0.25, -0.2) is 0 Å². The van der Waals surface area contributed by atoms with Crippen LogP contribution < -0.4 is 5.73 Å². The van der Waals surface area contributed by atoms with Crippen LogP contribution in [0.5, 0.6) is 0 Å². The molecule has 0 radical (unpaired) electrons. The molecule has 1 aliphatic rings. The molecule has 0 aromatic rings. The van der Waals surface area contributed by atoms with Crippen molar-refractivity contribution >= 4 is 10.2 Å². The normalized spacial score (nSPS) is 25.6. The smallest absolute Gasteiger partial charge is 0.281 e. The van der Waals surface area contributed by atoms with Crippen LogP contribution in [0.4, 0.5) is 0 Å². The number of nitrogens with two attached hydrogens (primary N) is 1. The lowest BCUT2D eigenvalue weighted by atomic mass is 10.0. The minimum absolute atomic E-state index is 0.0145. The highest BCUT2D eigenvalue weighted by Crippen LogP contribution is 2.23. The zero-order valence-electron chi connectivity index (χ0n) is 10.5. The third-order valence-corrected chi connectivity index (χ3v) is 5.48. The third-order valence-electron chi connectivity index (χ3n) is 3.35. The summed E-state index contributed by atoms with van der Waals surface area (Å²) in [5, 5.41) is 0. The minimum atomic E-state index is -3.29. The Labute approximate surface area is 98.8 Å². The van der Waals surface area contributed by atoms with E-state index in [9.17, 15) is 8.42 Å². The fourth-order valence-corrected chi connectivity index (χ4v) is 3.45. The van der Waals surface area contributed by atoms with Gasteiger partial charge in [0.15, 0.2) is 0 Å². The number of rotatable bonds is 4. The molecule has 0 spiro atoms. The molecule has 0 aliphatic carbocycles. The fraction of sp³-hybridized carbons (Fsp3) is 1.00. The predicted octanol–water partition coefficient (Wildman–Crippen LogP) is 0.241. The van der Waals surface area contributed by atoms with E-state index in [2.05, 4.69) is 0 Å². The van der Waals surface area contributed by atoms with Crippen molar-refractivity contribution in [2.45, 2.75) is 39.3 Å². The van der Waals surface area contributed by atoms with Crippen molar-refractivity contribution < 1.29 is 8.42 Å². The molecule has 16 heavy (non-hydrogen) atoms. The second-order valence-electron chi connectivity index (χ2n) is 4.88. The SMILES string of the molecule is CC(N)C1CCN(S(=O)(=O)N(C)C(C)C)C1. The predicted molar refractivity (Wildman–Crippen MR) is 65.1 cm³/mol. The molecule has 0 aromatic heterocycles. The lowest BCUT2D eigenvalue weighted by molar-refractivity contribution is 0.350. The lowest BCUT2D eigenvalue weighted by Gasteiger charge is -2.27. The van der Waals surface area contributed by atoms with Crippen molar-refractivity contribution in [3.63, 3.8) is 0 Å². The molecule has 0 amide bonds. The summed E-state index contributed by atoms with van der Waals surface area (Å²) in [4.78, 5) is 0. The maximum Gasteiger partial charge on any atom is 0.281 e. The van der Waals surface area contributed by atoms with E-state index in [1.54, 1.807) is 11.4 Å². The third kappa shape index (κ3) is 2.74. The molecule has 1 heterocycles. The maximum atomic E-state index is 12.2. The van der Waals surface area contributed by atoms with Crippen molar-refractivity contribution in [2.75, 3.05) is 20.1 Å². The Balaban J connectivity index is 2.73. The average Bonchev–Trinajstić information content (AvgIpc) is 2.65. The van der Waals surface area contributed by atoms with E-state index in [1.165, 1.54) is 4.31 Å². The Morgan fingerprint density at radius 1 is 1.38 bits per heavy atom. The van der Waals surface area contributed by atoms with Crippen LogP contribution in [-0.2, 0) is 10.2 Å². The summed E-state index contributed by atoms with van der Waals surface area (Å²) in [5.74, 6) is 0.287. The van der Waals surface area contributed by atoms with Gasteiger partial charge >= 0.3 is 0 Å². The fourth-order valence-electron chi connectivity index (χ4n) is 1.84. The van der Waals surface area contributed by atoms with E-state index < -0.39 is 10.2 Å². The molecule has 2 unspecified atom stereocenters. The van der Waals surface area contributed by atoms with E-state index in [1.807, 2.05) is 20.8 Å². The number of hydrogen-bond acceptors (Lipinski definition) is 3. The molecule has 0 aromatic carbocycles. The first-order chi connectivity index (χ1) is 7.26. The zero-order chi connectivity index (χ0) is 12.5. The minimum Gasteiger partial charge on any atom is -0.328 e. The van der Waals surface area contributed by atoms with Crippen LogP contribution in [0.2, 0.25) is 0 Å². The second kappa shape index (κ2) is 5.00. The highest BCUT2D eigenvalue weighted by atomic mass is 32.2. The molecule has 2 N–H and O–H groups in total. The summed E-state index contributed by atoms with van der Waals surface area (Å²) in [6.07, 6.45) is 0.864. The highest BCUT2D eigenvalue weighted by Gasteiger charge is 2.35. The lowest BCUT2D eigenvalue weighted by Crippen LogP contribution is -2.44. The van der Waals surface area contributed by atoms with Gasteiger partial charge in [-0.3, -0.25) is 0 Å². The van der Waals surface area contributed by atoms with Gasteiger partial charge in [-0.05, 0) is 33.1 Å². The molecule has 6 heteroatoms. The van der Waals surface area contributed by atoms with Crippen LogP contribution in [0.1, 0.15) is 27.2 Å². The summed E-state index contributed by atoms with van der Waals surface area (Å²) in [6.45, 7) is 6.82. The van der Waals surface area contributed by atoms with Gasteiger partial charge in [0.1, 0.15) is 0 Å². The molecule has 1 aliphatic heterocycles. The molecule has 5 nitrogen and oxygen atoms in total. The van der Waals surface area contributed by atoms with Gasteiger partial charge in [-0.2, -0.15) is 17.0 Å². The van der Waals surface area contributed by atoms with Crippen molar-refractivity contribution in [3.05, 3.63) is 0 Å². The first kappa shape index (κ1) is 13.9. The van der Waals surface area contributed by atoms with Gasteiger partial charge in [0.25, 0.3) is 10.2 Å². The van der Waals surface area contributed by atoms with Crippen LogP contribution in [0.15, 0.2) is 0 Å². The van der Waals surface area contributed by atoms with Gasteiger partial charge in [0.05, 0.1) is 0 Å². The summed E-state index contributed by atoms with van der Waals surface area (Å²) in [7, 11) is -1.67. The molecule has 0 bridgehead atoms. The van der Waals surface area contributed by atoms with Crippen molar-refractivity contribution in [3.8, 4) is 0 Å². The zero-order valence-corrected chi connectivity index (χ0v) is 11.4. The van der Waals surface area contributed by atoms with Crippen LogP contribution in [0.25, 0.3) is 0 Å². The van der Waals surface area contributed by atoms with E-state index in [0.29, 0.717) is 13.1 Å². The molecule has 2 atom stereocenters. The van der Waals surface area contributed by atoms with Gasteiger partial charge in [-0.1, -0.05) is 0 Å². The topological polar surface area (TPSA) is 66.6 Å². The van der Waals surface area contributed by atoms with Gasteiger partial charge < -0.3 is 5.73 Å². The molecule has 96 valence electrons. The van der Waals surface area contributed by atoms with E-state index in [4.69, 9.17) is 5.73 Å². The van der Waals surface area contributed by atoms with Gasteiger partial charge in [0.2, 0.25) is 0 Å². The Hall–Kier alpha value is -0.170. The van der Waals surface area contributed by atoms with Crippen LogP contribution in [0, 0.1) is 5.92 Å². The Bertz CT molecular complexity index is 327. The molecular weight excluding hydrogens is 226 g/mol. The van der Waals surface area contributed by atoms with Crippen LogP contribution >= 0.6 is 0 Å². The molecule has 1 fully saturated rings. The molecule has 1 saturated heterocycles. The van der Waals surface area contributed by atoms with E-state index in [-0.39, 0.29) is 18.0 Å². The molecule has 1 rings (SSSR count). The van der Waals surface area contributed by atoms with Crippen molar-refractivity contribution in [1.82, 2.24) is 8.61 Å². The van der Waals surface area contributed by atoms with Crippen molar-refractivity contribution in [1.29, 1.82) is 0 Å². The van der Waals surface area contributed by atoms with Crippen molar-refractivity contribution in [2.24, 2.45) is 11.7 Å². The quantitative estimate of drug-likeness (QED) is 0.776. The van der Waals surface area contributed by atoms with E-state index in [0.717, 1.165) is 6.42 Å². The first-order valence-electron chi connectivity index (χ1n) is 5.75. The summed E-state index contributed by atoms with van der Waals surface area (Å²) < 4.78 is 27.3. The highest BCUT2D eigenvalue weighted by molar-refractivity contribution is 7.86. The standard InChI is InChI=1S/C10H23N3O2S/c1-8(2)12(4)16(14,15)13-6-5-10(7-13)9(3)11/h8-10H,5-7,11H2,1-4H3. The number of nitrogens with zero attached hydrogens (tertiary/aromatic N) is 2. The average molecular weight is 249 g/mol.